The predicted octanol–water partition coefficient (Wildman–Crippen LogP) is 3.08. The standard InChI is InChI=1S/C20H18ClFN2O4/c21-16-3-1-4-17(22)15(16)12-28-19(26)11-23-20(27)13-6-8-14(9-7-13)24-10-2-5-18(24)25/h1,3-4,6-9H,2,5,10-12H2,(H,23,27). The lowest BCUT2D eigenvalue weighted by molar-refractivity contribution is -0.143. The van der Waals surface area contributed by atoms with Gasteiger partial charge in [0.1, 0.15) is 19.0 Å². The molecule has 6 nitrogen and oxygen atoms in total. The van der Waals surface area contributed by atoms with Gasteiger partial charge >= 0.3 is 5.97 Å². The summed E-state index contributed by atoms with van der Waals surface area (Å²) in [4.78, 5) is 37.4. The lowest BCUT2D eigenvalue weighted by atomic mass is 10.2. The number of esters is 1. The number of benzene rings is 2. The summed E-state index contributed by atoms with van der Waals surface area (Å²) >= 11 is 5.86. The van der Waals surface area contributed by atoms with Crippen LogP contribution in [0.1, 0.15) is 28.8 Å². The van der Waals surface area contributed by atoms with Crippen LogP contribution in [-0.2, 0) is 20.9 Å². The van der Waals surface area contributed by atoms with Gasteiger partial charge in [-0.05, 0) is 42.8 Å². The van der Waals surface area contributed by atoms with E-state index in [2.05, 4.69) is 5.32 Å². The minimum atomic E-state index is -0.716. The van der Waals surface area contributed by atoms with Crippen LogP contribution in [0, 0.1) is 5.82 Å². The highest BCUT2D eigenvalue weighted by Crippen LogP contribution is 2.22. The van der Waals surface area contributed by atoms with Crippen molar-refractivity contribution < 1.29 is 23.5 Å². The van der Waals surface area contributed by atoms with Crippen LogP contribution in [0.25, 0.3) is 0 Å². The Labute approximate surface area is 166 Å². The highest BCUT2D eigenvalue weighted by molar-refractivity contribution is 6.31. The third-order valence-corrected chi connectivity index (χ3v) is 4.70. The number of anilines is 1. The fourth-order valence-electron chi connectivity index (χ4n) is 2.84. The van der Waals surface area contributed by atoms with Crippen LogP contribution in [-0.4, -0.2) is 30.9 Å². The number of ether oxygens (including phenoxy) is 1. The predicted molar refractivity (Wildman–Crippen MR) is 102 cm³/mol. The van der Waals surface area contributed by atoms with Crippen LogP contribution in [0.15, 0.2) is 42.5 Å². The van der Waals surface area contributed by atoms with Gasteiger partial charge in [0.25, 0.3) is 5.91 Å². The number of nitrogens with one attached hydrogen (secondary N) is 1. The van der Waals surface area contributed by atoms with Gasteiger partial charge in [-0.15, -0.1) is 0 Å². The molecule has 2 aromatic rings. The van der Waals surface area contributed by atoms with E-state index in [9.17, 15) is 18.8 Å². The van der Waals surface area contributed by atoms with Crippen molar-refractivity contribution in [1.82, 2.24) is 5.32 Å². The second-order valence-corrected chi connectivity index (χ2v) is 6.65. The summed E-state index contributed by atoms with van der Waals surface area (Å²) in [7, 11) is 0. The largest absolute Gasteiger partial charge is 0.459 e. The van der Waals surface area contributed by atoms with Crippen molar-refractivity contribution in [3.8, 4) is 0 Å². The summed E-state index contributed by atoms with van der Waals surface area (Å²) < 4.78 is 18.6. The van der Waals surface area contributed by atoms with E-state index < -0.39 is 17.7 Å². The zero-order chi connectivity index (χ0) is 20.1. The van der Waals surface area contributed by atoms with E-state index >= 15 is 0 Å². The molecular formula is C20H18ClFN2O4. The molecule has 1 heterocycles. The number of nitrogens with zero attached hydrogens (tertiary/aromatic N) is 1. The number of hydrogen-bond acceptors (Lipinski definition) is 4. The minimum Gasteiger partial charge on any atom is -0.459 e. The third kappa shape index (κ3) is 4.67. The lowest BCUT2D eigenvalue weighted by Crippen LogP contribution is -2.30. The molecule has 2 amide bonds. The topological polar surface area (TPSA) is 75.7 Å². The Balaban J connectivity index is 1.49. The van der Waals surface area contributed by atoms with E-state index in [0.29, 0.717) is 18.5 Å². The average molecular weight is 405 g/mol. The maximum atomic E-state index is 13.6. The van der Waals surface area contributed by atoms with Crippen LogP contribution in [0.3, 0.4) is 0 Å². The van der Waals surface area contributed by atoms with Crippen LogP contribution in [0.4, 0.5) is 10.1 Å². The maximum absolute atomic E-state index is 13.6. The van der Waals surface area contributed by atoms with E-state index in [0.717, 1.165) is 12.1 Å². The highest BCUT2D eigenvalue weighted by atomic mass is 35.5. The molecule has 1 aliphatic heterocycles. The minimum absolute atomic E-state index is 0.0647. The maximum Gasteiger partial charge on any atom is 0.325 e. The van der Waals surface area contributed by atoms with E-state index in [1.807, 2.05) is 0 Å². The SMILES string of the molecule is O=C(CNC(=O)c1ccc(N2CCCC2=O)cc1)OCc1c(F)cccc1Cl. The Morgan fingerprint density at radius 1 is 1.18 bits per heavy atom. The Morgan fingerprint density at radius 2 is 1.93 bits per heavy atom. The molecule has 3 rings (SSSR count). The molecule has 146 valence electrons. The van der Waals surface area contributed by atoms with Crippen molar-refractivity contribution in [2.75, 3.05) is 18.0 Å². The molecule has 2 aromatic carbocycles. The molecule has 1 aliphatic rings. The van der Waals surface area contributed by atoms with Gasteiger partial charge in [0, 0.05) is 29.8 Å². The van der Waals surface area contributed by atoms with Crippen molar-refractivity contribution in [2.24, 2.45) is 0 Å². The summed E-state index contributed by atoms with van der Waals surface area (Å²) in [5.74, 6) is -1.68. The van der Waals surface area contributed by atoms with Crippen molar-refractivity contribution in [3.63, 3.8) is 0 Å². The normalized spacial score (nSPS) is 13.5. The zero-order valence-corrected chi connectivity index (χ0v) is 15.7. The van der Waals surface area contributed by atoms with Gasteiger partial charge < -0.3 is 15.0 Å². The molecule has 1 saturated heterocycles. The molecule has 0 radical (unpaired) electrons. The number of rotatable bonds is 6. The molecule has 0 bridgehead atoms. The zero-order valence-electron chi connectivity index (χ0n) is 14.9. The molecule has 0 aromatic heterocycles. The first-order valence-electron chi connectivity index (χ1n) is 8.73. The Hall–Kier alpha value is -2.93. The number of amides is 2. The summed E-state index contributed by atoms with van der Waals surface area (Å²) in [6.07, 6.45) is 1.35. The van der Waals surface area contributed by atoms with E-state index in [4.69, 9.17) is 16.3 Å². The van der Waals surface area contributed by atoms with Crippen LogP contribution < -0.4 is 10.2 Å². The van der Waals surface area contributed by atoms with Crippen LogP contribution in [0.2, 0.25) is 5.02 Å². The van der Waals surface area contributed by atoms with Crippen molar-refractivity contribution in [3.05, 3.63) is 64.4 Å². The molecule has 0 saturated carbocycles. The summed E-state index contributed by atoms with van der Waals surface area (Å²) in [6, 6.07) is 10.7. The first-order chi connectivity index (χ1) is 13.5. The molecule has 1 N–H and O–H groups in total. The fraction of sp³-hybridized carbons (Fsp3) is 0.250. The van der Waals surface area contributed by atoms with Crippen molar-refractivity contribution in [1.29, 1.82) is 0 Å². The Bertz CT molecular complexity index is 881. The fourth-order valence-corrected chi connectivity index (χ4v) is 3.06. The van der Waals surface area contributed by atoms with Gasteiger partial charge in [-0.2, -0.15) is 0 Å². The molecule has 0 aliphatic carbocycles. The van der Waals surface area contributed by atoms with Crippen LogP contribution >= 0.6 is 11.6 Å². The van der Waals surface area contributed by atoms with Crippen molar-refractivity contribution >= 4 is 35.1 Å². The van der Waals surface area contributed by atoms with Crippen LogP contribution in [0.5, 0.6) is 0 Å². The number of halogens is 2. The second kappa shape index (κ2) is 8.84. The molecule has 28 heavy (non-hydrogen) atoms. The van der Waals surface area contributed by atoms with Gasteiger partial charge in [0.05, 0.1) is 5.02 Å². The molecular weight excluding hydrogens is 387 g/mol. The second-order valence-electron chi connectivity index (χ2n) is 6.24. The first kappa shape index (κ1) is 19.8. The first-order valence-corrected chi connectivity index (χ1v) is 9.10. The smallest absolute Gasteiger partial charge is 0.325 e. The molecule has 0 unspecified atom stereocenters. The number of hydrogen-bond donors (Lipinski definition) is 1. The van der Waals surface area contributed by atoms with Crippen molar-refractivity contribution in [2.45, 2.75) is 19.4 Å². The summed E-state index contributed by atoms with van der Waals surface area (Å²) in [5.41, 5.74) is 1.16. The van der Waals surface area contributed by atoms with Gasteiger partial charge in [-0.25, -0.2) is 4.39 Å². The molecule has 8 heteroatoms. The number of carbonyl (C=O) groups is 3. The lowest BCUT2D eigenvalue weighted by Gasteiger charge is -2.15. The van der Waals surface area contributed by atoms with Gasteiger partial charge in [0.15, 0.2) is 0 Å². The van der Waals surface area contributed by atoms with Gasteiger partial charge in [0.2, 0.25) is 5.91 Å². The molecule has 0 atom stereocenters. The quantitative estimate of drug-likeness (QED) is 0.751. The van der Waals surface area contributed by atoms with Gasteiger partial charge in [-0.3, -0.25) is 14.4 Å². The third-order valence-electron chi connectivity index (χ3n) is 4.35. The molecule has 0 spiro atoms. The highest BCUT2D eigenvalue weighted by Gasteiger charge is 2.21. The average Bonchev–Trinajstić information content (AvgIpc) is 3.11. The monoisotopic (exact) mass is 404 g/mol. The number of carbonyl (C=O) groups excluding carboxylic acids is 3. The van der Waals surface area contributed by atoms with E-state index in [-0.39, 0.29) is 29.6 Å². The Morgan fingerprint density at radius 3 is 2.57 bits per heavy atom. The van der Waals surface area contributed by atoms with Gasteiger partial charge in [-0.1, -0.05) is 17.7 Å². The molecule has 1 fully saturated rings. The van der Waals surface area contributed by atoms with E-state index in [1.54, 1.807) is 29.2 Å². The Kier molecular flexibility index (Phi) is 6.26. The van der Waals surface area contributed by atoms with E-state index in [1.165, 1.54) is 18.2 Å². The summed E-state index contributed by atoms with van der Waals surface area (Å²) in [5, 5.41) is 2.60. The summed E-state index contributed by atoms with van der Waals surface area (Å²) in [6.45, 7) is -0.0156.